The van der Waals surface area contributed by atoms with Gasteiger partial charge in [-0.25, -0.2) is 9.59 Å². The maximum absolute atomic E-state index is 11.7. The summed E-state index contributed by atoms with van der Waals surface area (Å²) in [5, 5.41) is 11.2. The lowest BCUT2D eigenvalue weighted by Crippen LogP contribution is -2.52. The fraction of sp³-hybridized carbons (Fsp3) is 0.700. The van der Waals surface area contributed by atoms with Gasteiger partial charge in [-0.1, -0.05) is 0 Å². The van der Waals surface area contributed by atoms with Gasteiger partial charge in [0.15, 0.2) is 0 Å². The Morgan fingerprint density at radius 3 is 2.28 bits per heavy atom. The van der Waals surface area contributed by atoms with Crippen LogP contribution >= 0.6 is 0 Å². The van der Waals surface area contributed by atoms with Crippen LogP contribution in [0.25, 0.3) is 0 Å². The van der Waals surface area contributed by atoms with Crippen LogP contribution in [0.3, 0.4) is 0 Å². The van der Waals surface area contributed by atoms with E-state index >= 15 is 0 Å². The molecule has 0 radical (unpaired) electrons. The molecule has 0 rings (SSSR count). The number of urea groups is 1. The Morgan fingerprint density at radius 1 is 1.33 bits per heavy atom. The average Bonchev–Trinajstić information content (AvgIpc) is 2.18. The zero-order valence-corrected chi connectivity index (χ0v) is 10.7. The van der Waals surface area contributed by atoms with E-state index in [1.54, 1.807) is 20.8 Å². The number of ether oxygens (including phenoxy) is 1. The first-order chi connectivity index (χ1) is 8.14. The van der Waals surface area contributed by atoms with Crippen molar-refractivity contribution in [1.82, 2.24) is 10.2 Å². The molecular weight excluding hydrogens is 242 g/mol. The number of primary amides is 1. The normalized spacial score (nSPS) is 10.6. The molecule has 3 amide bonds. The Kier molecular flexibility index (Phi) is 5.94. The third kappa shape index (κ3) is 6.56. The Hall–Kier alpha value is -1.99. The Balaban J connectivity index is 4.31. The number of hydrogen-bond donors (Lipinski definition) is 3. The van der Waals surface area contributed by atoms with Crippen molar-refractivity contribution in [3.8, 4) is 0 Å². The van der Waals surface area contributed by atoms with Crippen LogP contribution in [0, 0.1) is 0 Å². The monoisotopic (exact) mass is 261 g/mol. The molecule has 8 heteroatoms. The van der Waals surface area contributed by atoms with Crippen molar-refractivity contribution in [2.24, 2.45) is 5.73 Å². The molecule has 0 aliphatic carbocycles. The number of rotatable bonds is 5. The molecule has 0 heterocycles. The Bertz CT molecular complexity index is 324. The van der Waals surface area contributed by atoms with Crippen LogP contribution in [0.15, 0.2) is 0 Å². The number of nitrogens with zero attached hydrogens (tertiary/aromatic N) is 1. The van der Waals surface area contributed by atoms with Crippen LogP contribution in [0.5, 0.6) is 0 Å². The van der Waals surface area contributed by atoms with Gasteiger partial charge in [0.05, 0.1) is 6.54 Å². The minimum absolute atomic E-state index is 0.0634. The van der Waals surface area contributed by atoms with Gasteiger partial charge in [0, 0.05) is 5.54 Å². The number of carbonyl (C=O) groups is 3. The molecule has 0 atom stereocenters. The van der Waals surface area contributed by atoms with E-state index in [-0.39, 0.29) is 13.2 Å². The first kappa shape index (κ1) is 16.0. The third-order valence-corrected chi connectivity index (χ3v) is 1.97. The van der Waals surface area contributed by atoms with Crippen LogP contribution in [0.1, 0.15) is 20.8 Å². The summed E-state index contributed by atoms with van der Waals surface area (Å²) >= 11 is 0. The molecule has 0 bridgehead atoms. The molecule has 0 aliphatic heterocycles. The molecule has 104 valence electrons. The summed E-state index contributed by atoms with van der Waals surface area (Å²) in [5.74, 6) is -1.10. The summed E-state index contributed by atoms with van der Waals surface area (Å²) in [6.45, 7) is 4.74. The highest BCUT2D eigenvalue weighted by atomic mass is 16.5. The minimum atomic E-state index is -1.10. The summed E-state index contributed by atoms with van der Waals surface area (Å²) in [4.78, 5) is 33.9. The summed E-state index contributed by atoms with van der Waals surface area (Å²) in [6.07, 6.45) is -0.928. The molecule has 0 aliphatic rings. The zero-order valence-electron chi connectivity index (χ0n) is 10.7. The molecule has 0 spiro atoms. The zero-order chi connectivity index (χ0) is 14.3. The van der Waals surface area contributed by atoms with Crippen LogP contribution < -0.4 is 11.1 Å². The van der Waals surface area contributed by atoms with Crippen LogP contribution in [-0.2, 0) is 9.53 Å². The molecule has 18 heavy (non-hydrogen) atoms. The van der Waals surface area contributed by atoms with Gasteiger partial charge in [-0.15, -0.1) is 0 Å². The molecule has 0 aromatic rings. The van der Waals surface area contributed by atoms with Gasteiger partial charge in [-0.05, 0) is 20.8 Å². The van der Waals surface area contributed by atoms with Crippen molar-refractivity contribution < 1.29 is 24.2 Å². The second-order valence-corrected chi connectivity index (χ2v) is 4.55. The van der Waals surface area contributed by atoms with Gasteiger partial charge in [0.25, 0.3) is 0 Å². The number of hydrogen-bond acceptors (Lipinski definition) is 4. The SMILES string of the molecule is CC(C)(C)N(CC(=O)O)C(=O)NCCOC(N)=O. The van der Waals surface area contributed by atoms with E-state index in [1.807, 2.05) is 0 Å². The van der Waals surface area contributed by atoms with E-state index in [0.29, 0.717) is 0 Å². The van der Waals surface area contributed by atoms with Crippen molar-refractivity contribution >= 4 is 18.1 Å². The summed E-state index contributed by atoms with van der Waals surface area (Å²) in [6, 6.07) is -0.544. The van der Waals surface area contributed by atoms with Gasteiger partial charge < -0.3 is 25.8 Å². The van der Waals surface area contributed by atoms with Crippen LogP contribution in [-0.4, -0.2) is 53.3 Å². The van der Waals surface area contributed by atoms with Gasteiger partial charge in [0.2, 0.25) is 0 Å². The summed E-state index contributed by atoms with van der Waals surface area (Å²) < 4.78 is 4.43. The van der Waals surface area contributed by atoms with Crippen molar-refractivity contribution in [3.63, 3.8) is 0 Å². The van der Waals surface area contributed by atoms with Crippen LogP contribution in [0.4, 0.5) is 9.59 Å². The average molecular weight is 261 g/mol. The Labute approximate surface area is 105 Å². The number of amides is 3. The van der Waals surface area contributed by atoms with E-state index in [9.17, 15) is 14.4 Å². The maximum Gasteiger partial charge on any atom is 0.404 e. The third-order valence-electron chi connectivity index (χ3n) is 1.97. The van der Waals surface area contributed by atoms with E-state index in [4.69, 9.17) is 10.8 Å². The number of carboxylic acids is 1. The molecule has 0 unspecified atom stereocenters. The van der Waals surface area contributed by atoms with Crippen molar-refractivity contribution in [2.45, 2.75) is 26.3 Å². The lowest BCUT2D eigenvalue weighted by molar-refractivity contribution is -0.138. The predicted molar refractivity (Wildman–Crippen MR) is 63.0 cm³/mol. The quantitative estimate of drug-likeness (QED) is 0.600. The first-order valence-corrected chi connectivity index (χ1v) is 5.34. The summed E-state index contributed by atoms with van der Waals surface area (Å²) in [5.41, 5.74) is 4.11. The maximum atomic E-state index is 11.7. The lowest BCUT2D eigenvalue weighted by Gasteiger charge is -2.34. The van der Waals surface area contributed by atoms with E-state index < -0.39 is 30.2 Å². The van der Waals surface area contributed by atoms with E-state index in [1.165, 1.54) is 4.90 Å². The van der Waals surface area contributed by atoms with E-state index in [0.717, 1.165) is 0 Å². The van der Waals surface area contributed by atoms with Crippen molar-refractivity contribution in [2.75, 3.05) is 19.7 Å². The predicted octanol–water partition coefficient (Wildman–Crippen LogP) is -0.0236. The Morgan fingerprint density at radius 2 is 1.89 bits per heavy atom. The van der Waals surface area contributed by atoms with Gasteiger partial charge in [0.1, 0.15) is 13.2 Å². The molecule has 0 aromatic carbocycles. The highest BCUT2D eigenvalue weighted by Gasteiger charge is 2.28. The summed E-state index contributed by atoms with van der Waals surface area (Å²) in [7, 11) is 0. The molecule has 0 saturated carbocycles. The number of nitrogens with two attached hydrogens (primary N) is 1. The smallest absolute Gasteiger partial charge is 0.404 e. The fourth-order valence-electron chi connectivity index (χ4n) is 1.15. The van der Waals surface area contributed by atoms with Gasteiger partial charge in [-0.3, -0.25) is 4.79 Å². The molecular formula is C10H19N3O5. The highest BCUT2D eigenvalue weighted by Crippen LogP contribution is 2.12. The van der Waals surface area contributed by atoms with E-state index in [2.05, 4.69) is 10.1 Å². The van der Waals surface area contributed by atoms with Crippen LogP contribution in [0.2, 0.25) is 0 Å². The number of carbonyl (C=O) groups excluding carboxylic acids is 2. The fourth-order valence-corrected chi connectivity index (χ4v) is 1.15. The second-order valence-electron chi connectivity index (χ2n) is 4.55. The van der Waals surface area contributed by atoms with Gasteiger partial charge in [-0.2, -0.15) is 0 Å². The number of carboxylic acid groups (broad SMARTS) is 1. The lowest BCUT2D eigenvalue weighted by atomic mass is 10.1. The number of nitrogens with one attached hydrogen (secondary N) is 1. The van der Waals surface area contributed by atoms with Crippen molar-refractivity contribution in [3.05, 3.63) is 0 Å². The molecule has 0 saturated heterocycles. The minimum Gasteiger partial charge on any atom is -0.480 e. The topological polar surface area (TPSA) is 122 Å². The molecule has 4 N–H and O–H groups in total. The highest BCUT2D eigenvalue weighted by molar-refractivity contribution is 5.80. The molecule has 0 fully saturated rings. The van der Waals surface area contributed by atoms with Gasteiger partial charge >= 0.3 is 18.1 Å². The number of aliphatic carboxylic acids is 1. The largest absolute Gasteiger partial charge is 0.480 e. The van der Waals surface area contributed by atoms with Crippen molar-refractivity contribution in [1.29, 1.82) is 0 Å². The molecule has 8 nitrogen and oxygen atoms in total. The molecule has 0 aromatic heterocycles. The second kappa shape index (κ2) is 6.67. The standard InChI is InChI=1S/C10H19N3O5/c1-10(2,3)13(6-7(14)15)9(17)12-4-5-18-8(11)16/h4-6H2,1-3H3,(H2,11,16)(H,12,17)(H,14,15). The first-order valence-electron chi connectivity index (χ1n) is 5.34.